The van der Waals surface area contributed by atoms with Gasteiger partial charge in [-0.2, -0.15) is 0 Å². The van der Waals surface area contributed by atoms with Crippen LogP contribution in [0.3, 0.4) is 0 Å². The number of pyridine rings is 1. The van der Waals surface area contributed by atoms with E-state index in [9.17, 15) is 13.2 Å². The number of halogens is 1. The first-order valence-electron chi connectivity index (χ1n) is 10.1. The minimum absolute atomic E-state index is 0.0869. The number of thiazole rings is 1. The fourth-order valence-corrected chi connectivity index (χ4v) is 5.93. The monoisotopic (exact) mass is 494 g/mol. The summed E-state index contributed by atoms with van der Waals surface area (Å²) in [5.41, 5.74) is 1.47. The van der Waals surface area contributed by atoms with Crippen molar-refractivity contribution in [1.29, 1.82) is 0 Å². The van der Waals surface area contributed by atoms with E-state index in [4.69, 9.17) is 21.3 Å². The molecule has 0 unspecified atom stereocenters. The molecule has 4 rings (SSSR count). The molecule has 0 radical (unpaired) electrons. The van der Waals surface area contributed by atoms with Crippen LogP contribution in [0.1, 0.15) is 18.4 Å². The zero-order chi connectivity index (χ0) is 22.9. The van der Waals surface area contributed by atoms with Crippen molar-refractivity contribution in [3.63, 3.8) is 0 Å². The number of hydrogen-bond donors (Lipinski definition) is 0. The van der Waals surface area contributed by atoms with Crippen LogP contribution >= 0.6 is 22.9 Å². The summed E-state index contributed by atoms with van der Waals surface area (Å²) in [7, 11) is -1.70. The number of carbonyl (C=O) groups is 1. The molecule has 170 valence electrons. The Morgan fingerprint density at radius 3 is 2.69 bits per heavy atom. The SMILES string of the molecule is COc1ccc(Cl)c2sc(N(Cc3cccnc3)C(=O)C3CCN(S(C)(=O)=O)CC3)nc12. The van der Waals surface area contributed by atoms with E-state index in [0.29, 0.717) is 53.9 Å². The van der Waals surface area contributed by atoms with Crippen LogP contribution in [0.15, 0.2) is 36.7 Å². The molecule has 0 saturated carbocycles. The number of ether oxygens (including phenoxy) is 1. The Hall–Kier alpha value is -2.27. The Balaban J connectivity index is 1.68. The van der Waals surface area contributed by atoms with Crippen molar-refractivity contribution in [3.05, 3.63) is 47.2 Å². The summed E-state index contributed by atoms with van der Waals surface area (Å²) >= 11 is 7.72. The molecule has 1 saturated heterocycles. The number of benzene rings is 1. The van der Waals surface area contributed by atoms with Gasteiger partial charge in [0.15, 0.2) is 5.13 Å². The van der Waals surface area contributed by atoms with Crippen LogP contribution in [-0.4, -0.2) is 55.1 Å². The van der Waals surface area contributed by atoms with Crippen LogP contribution in [0.25, 0.3) is 10.2 Å². The highest BCUT2D eigenvalue weighted by molar-refractivity contribution is 7.88. The number of hydrogen-bond acceptors (Lipinski definition) is 7. The number of aromatic nitrogens is 2. The molecule has 2 aromatic heterocycles. The molecule has 0 N–H and O–H groups in total. The average molecular weight is 495 g/mol. The molecular weight excluding hydrogens is 472 g/mol. The van der Waals surface area contributed by atoms with Crippen molar-refractivity contribution in [1.82, 2.24) is 14.3 Å². The van der Waals surface area contributed by atoms with Crippen molar-refractivity contribution in [2.45, 2.75) is 19.4 Å². The molecule has 8 nitrogen and oxygen atoms in total. The van der Waals surface area contributed by atoms with E-state index in [1.807, 2.05) is 12.1 Å². The van der Waals surface area contributed by atoms with Gasteiger partial charge in [-0.3, -0.25) is 14.7 Å². The van der Waals surface area contributed by atoms with E-state index in [1.165, 1.54) is 21.9 Å². The minimum atomic E-state index is -3.26. The van der Waals surface area contributed by atoms with Crippen LogP contribution in [0.4, 0.5) is 5.13 Å². The Morgan fingerprint density at radius 2 is 2.06 bits per heavy atom. The highest BCUT2D eigenvalue weighted by Crippen LogP contribution is 2.39. The largest absolute Gasteiger partial charge is 0.494 e. The summed E-state index contributed by atoms with van der Waals surface area (Å²) in [5.74, 6) is 0.201. The molecule has 0 atom stereocenters. The van der Waals surface area contributed by atoms with Crippen LogP contribution in [0.5, 0.6) is 5.75 Å². The molecule has 1 aliphatic rings. The molecule has 1 aliphatic heterocycles. The zero-order valence-corrected chi connectivity index (χ0v) is 20.1. The van der Waals surface area contributed by atoms with Crippen molar-refractivity contribution in [2.24, 2.45) is 5.92 Å². The molecule has 0 spiro atoms. The molecule has 1 fully saturated rings. The van der Waals surface area contributed by atoms with E-state index < -0.39 is 10.0 Å². The third kappa shape index (κ3) is 4.73. The predicted octanol–water partition coefficient (Wildman–Crippen LogP) is 3.56. The highest BCUT2D eigenvalue weighted by atomic mass is 35.5. The number of fused-ring (bicyclic) bond motifs is 1. The topological polar surface area (TPSA) is 92.7 Å². The Kier molecular flexibility index (Phi) is 6.66. The van der Waals surface area contributed by atoms with E-state index in [1.54, 1.807) is 36.5 Å². The zero-order valence-electron chi connectivity index (χ0n) is 17.7. The summed E-state index contributed by atoms with van der Waals surface area (Å²) in [4.78, 5) is 24.1. The fraction of sp³-hybridized carbons (Fsp3) is 0.381. The smallest absolute Gasteiger partial charge is 0.232 e. The van der Waals surface area contributed by atoms with E-state index in [-0.39, 0.29) is 11.8 Å². The van der Waals surface area contributed by atoms with Gasteiger partial charge in [-0.15, -0.1) is 0 Å². The second-order valence-corrected chi connectivity index (χ2v) is 11.0. The van der Waals surface area contributed by atoms with Crippen molar-refractivity contribution >= 4 is 54.2 Å². The predicted molar refractivity (Wildman–Crippen MR) is 126 cm³/mol. The van der Waals surface area contributed by atoms with Gasteiger partial charge in [0.25, 0.3) is 0 Å². The second kappa shape index (κ2) is 9.30. The number of amides is 1. The summed E-state index contributed by atoms with van der Waals surface area (Å²) in [6, 6.07) is 7.22. The average Bonchev–Trinajstić information content (AvgIpc) is 3.24. The first kappa shape index (κ1) is 22.9. The number of methoxy groups -OCH3 is 1. The van der Waals surface area contributed by atoms with E-state index in [2.05, 4.69) is 4.98 Å². The molecule has 0 aliphatic carbocycles. The first-order chi connectivity index (χ1) is 15.3. The second-order valence-electron chi connectivity index (χ2n) is 7.65. The van der Waals surface area contributed by atoms with E-state index in [0.717, 1.165) is 10.3 Å². The number of piperidine rings is 1. The molecule has 32 heavy (non-hydrogen) atoms. The number of rotatable bonds is 6. The maximum absolute atomic E-state index is 13.6. The van der Waals surface area contributed by atoms with Crippen molar-refractivity contribution < 1.29 is 17.9 Å². The molecule has 3 heterocycles. The molecular formula is C21H23ClN4O4S2. The van der Waals surface area contributed by atoms with Gasteiger partial charge in [0.05, 0.1) is 29.6 Å². The minimum Gasteiger partial charge on any atom is -0.494 e. The summed E-state index contributed by atoms with van der Waals surface area (Å²) in [6.07, 6.45) is 5.52. The summed E-state index contributed by atoms with van der Waals surface area (Å²) in [5, 5.41) is 1.06. The normalized spacial score (nSPS) is 15.7. The maximum Gasteiger partial charge on any atom is 0.232 e. The fourth-order valence-electron chi connectivity index (χ4n) is 3.79. The maximum atomic E-state index is 13.6. The lowest BCUT2D eigenvalue weighted by Gasteiger charge is -2.32. The van der Waals surface area contributed by atoms with Gasteiger partial charge in [0.2, 0.25) is 15.9 Å². The van der Waals surface area contributed by atoms with Crippen molar-refractivity contribution in [2.75, 3.05) is 31.4 Å². The standard InChI is InChI=1S/C21H23ClN4O4S2/c1-30-17-6-5-16(22)19-18(17)24-21(31-19)26(13-14-4-3-9-23-12-14)20(27)15-7-10-25(11-8-15)32(2,28)29/h3-6,9,12,15H,7-8,10-11,13H2,1-2H3. The Morgan fingerprint density at radius 1 is 1.31 bits per heavy atom. The lowest BCUT2D eigenvalue weighted by molar-refractivity contribution is -0.123. The van der Waals surface area contributed by atoms with Gasteiger partial charge in [-0.1, -0.05) is 29.0 Å². The van der Waals surface area contributed by atoms with Gasteiger partial charge < -0.3 is 4.74 Å². The van der Waals surface area contributed by atoms with Crippen LogP contribution in [0, 0.1) is 5.92 Å². The first-order valence-corrected chi connectivity index (χ1v) is 13.1. The van der Waals surface area contributed by atoms with Gasteiger partial charge in [-0.05, 0) is 36.6 Å². The lowest BCUT2D eigenvalue weighted by atomic mass is 9.96. The molecule has 3 aromatic rings. The summed E-state index contributed by atoms with van der Waals surface area (Å²) in [6.45, 7) is 0.962. The summed E-state index contributed by atoms with van der Waals surface area (Å²) < 4.78 is 31.3. The van der Waals surface area contributed by atoms with Crippen LogP contribution in [0.2, 0.25) is 5.02 Å². The molecule has 1 amide bonds. The van der Waals surface area contributed by atoms with Crippen LogP contribution < -0.4 is 9.64 Å². The highest BCUT2D eigenvalue weighted by Gasteiger charge is 2.33. The van der Waals surface area contributed by atoms with Gasteiger partial charge in [0.1, 0.15) is 11.3 Å². The van der Waals surface area contributed by atoms with E-state index >= 15 is 0 Å². The Labute approximate surface area is 195 Å². The quantitative estimate of drug-likeness (QED) is 0.520. The molecule has 1 aromatic carbocycles. The Bertz CT molecular complexity index is 1230. The number of sulfonamides is 1. The molecule has 0 bridgehead atoms. The number of anilines is 1. The third-order valence-corrected chi connectivity index (χ3v) is 8.34. The molecule has 11 heteroatoms. The van der Waals surface area contributed by atoms with Gasteiger partial charge in [-0.25, -0.2) is 17.7 Å². The number of carbonyl (C=O) groups excluding carboxylic acids is 1. The third-order valence-electron chi connectivity index (χ3n) is 5.50. The number of nitrogens with zero attached hydrogens (tertiary/aromatic N) is 4. The van der Waals surface area contributed by atoms with Gasteiger partial charge in [0, 0.05) is 31.4 Å². The van der Waals surface area contributed by atoms with Gasteiger partial charge >= 0.3 is 0 Å². The van der Waals surface area contributed by atoms with Crippen LogP contribution in [-0.2, 0) is 21.4 Å². The van der Waals surface area contributed by atoms with Crippen molar-refractivity contribution in [3.8, 4) is 5.75 Å². The lowest BCUT2D eigenvalue weighted by Crippen LogP contribution is -2.44.